The number of carbonyl (C=O) groups excluding carboxylic acids is 1. The molecule has 2 aromatic carbocycles. The first-order valence-electron chi connectivity index (χ1n) is 11.6. The van der Waals surface area contributed by atoms with Gasteiger partial charge in [-0.1, -0.05) is 24.3 Å². The second kappa shape index (κ2) is 7.85. The molecule has 0 radical (unpaired) electrons. The summed E-state index contributed by atoms with van der Waals surface area (Å²) >= 11 is 0. The fourth-order valence-electron chi connectivity index (χ4n) is 6.97. The van der Waals surface area contributed by atoms with Crippen molar-refractivity contribution in [2.24, 2.45) is 17.8 Å². The molecule has 0 unspecified atom stereocenters. The first-order valence-corrected chi connectivity index (χ1v) is 11.6. The van der Waals surface area contributed by atoms with E-state index >= 15 is 0 Å². The minimum Gasteiger partial charge on any atom is -0.496 e. The van der Waals surface area contributed by atoms with E-state index in [2.05, 4.69) is 31.2 Å². The number of methoxy groups -OCH3 is 2. The van der Waals surface area contributed by atoms with Crippen molar-refractivity contribution in [3.63, 3.8) is 0 Å². The lowest BCUT2D eigenvalue weighted by molar-refractivity contribution is -0.00616. The van der Waals surface area contributed by atoms with Crippen LogP contribution in [-0.4, -0.2) is 20.2 Å². The third kappa shape index (κ3) is 3.69. The van der Waals surface area contributed by atoms with Gasteiger partial charge in [-0.15, -0.1) is 0 Å². The molecule has 4 saturated carbocycles. The van der Waals surface area contributed by atoms with Crippen LogP contribution >= 0.6 is 0 Å². The number of allylic oxidation sites excluding steroid dienone is 1. The van der Waals surface area contributed by atoms with E-state index in [1.165, 1.54) is 62.3 Å². The highest BCUT2D eigenvalue weighted by Crippen LogP contribution is 2.62. The lowest BCUT2D eigenvalue weighted by atomic mass is 9.48. The molecular weight excluding hydrogens is 384 g/mol. The van der Waals surface area contributed by atoms with Gasteiger partial charge in [0.15, 0.2) is 0 Å². The average molecular weight is 417 g/mol. The highest BCUT2D eigenvalue weighted by atomic mass is 16.5. The van der Waals surface area contributed by atoms with Crippen molar-refractivity contribution >= 4 is 17.6 Å². The Labute approximate surface area is 185 Å². The van der Waals surface area contributed by atoms with Crippen LogP contribution in [0, 0.1) is 17.8 Å². The Morgan fingerprint density at radius 3 is 2.03 bits per heavy atom. The maximum atomic E-state index is 11.7. The van der Waals surface area contributed by atoms with Crippen LogP contribution in [0.15, 0.2) is 42.5 Å². The standard InChI is InChI=1S/C28H32O3/c1-18(10-19-4-6-23(7-5-19)27(29)31-3)24-8-9-26(30-2)25(14-24)28-15-20-11-21(16-28)13-22(12-20)17-28/h4-10,14,20-22H,11-13,15-17H2,1-3H3/b18-10+. The number of ether oxygens (including phenoxy) is 2. The van der Waals surface area contributed by atoms with Crippen LogP contribution in [0.25, 0.3) is 11.6 Å². The van der Waals surface area contributed by atoms with Crippen LogP contribution in [0.4, 0.5) is 0 Å². The SMILES string of the molecule is COC(=O)c1ccc(/C=C(\C)c2ccc(OC)c(C34CC5CC(CC(C5)C3)C4)c2)cc1. The van der Waals surface area contributed by atoms with Gasteiger partial charge in [0.25, 0.3) is 0 Å². The summed E-state index contributed by atoms with van der Waals surface area (Å²) in [6.45, 7) is 2.17. The Balaban J connectivity index is 1.47. The third-order valence-corrected chi connectivity index (χ3v) is 7.98. The van der Waals surface area contributed by atoms with Gasteiger partial charge >= 0.3 is 5.97 Å². The number of esters is 1. The summed E-state index contributed by atoms with van der Waals surface area (Å²) < 4.78 is 10.7. The van der Waals surface area contributed by atoms with Crippen molar-refractivity contribution in [2.45, 2.75) is 50.9 Å². The van der Waals surface area contributed by atoms with Gasteiger partial charge in [0, 0.05) is 5.56 Å². The van der Waals surface area contributed by atoms with Crippen molar-refractivity contribution < 1.29 is 14.3 Å². The molecule has 3 heteroatoms. The molecule has 0 saturated heterocycles. The van der Waals surface area contributed by atoms with Gasteiger partial charge in [-0.25, -0.2) is 4.79 Å². The average Bonchev–Trinajstić information content (AvgIpc) is 2.77. The molecule has 0 heterocycles. The Hall–Kier alpha value is -2.55. The molecule has 0 aliphatic heterocycles. The van der Waals surface area contributed by atoms with E-state index in [-0.39, 0.29) is 5.97 Å². The van der Waals surface area contributed by atoms with E-state index < -0.39 is 0 Å². The molecule has 0 N–H and O–H groups in total. The van der Waals surface area contributed by atoms with E-state index in [1.54, 1.807) is 0 Å². The smallest absolute Gasteiger partial charge is 0.337 e. The maximum Gasteiger partial charge on any atom is 0.337 e. The number of hydrogen-bond donors (Lipinski definition) is 0. The van der Waals surface area contributed by atoms with Crippen LogP contribution in [0.2, 0.25) is 0 Å². The molecule has 2 aromatic rings. The van der Waals surface area contributed by atoms with Crippen molar-refractivity contribution in [1.29, 1.82) is 0 Å². The molecule has 4 bridgehead atoms. The van der Waals surface area contributed by atoms with Crippen LogP contribution in [0.1, 0.15) is 72.5 Å². The lowest BCUT2D eigenvalue weighted by Gasteiger charge is -2.57. The summed E-state index contributed by atoms with van der Waals surface area (Å²) in [6, 6.07) is 14.3. The minimum atomic E-state index is -0.303. The zero-order valence-electron chi connectivity index (χ0n) is 18.8. The molecular formula is C28H32O3. The Morgan fingerprint density at radius 2 is 1.48 bits per heavy atom. The second-order valence-corrected chi connectivity index (χ2v) is 10.1. The summed E-state index contributed by atoms with van der Waals surface area (Å²) in [5.41, 5.74) is 5.87. The van der Waals surface area contributed by atoms with Crippen LogP contribution < -0.4 is 4.74 Å². The normalized spacial score (nSPS) is 29.1. The Morgan fingerprint density at radius 1 is 0.903 bits per heavy atom. The highest BCUT2D eigenvalue weighted by molar-refractivity contribution is 5.90. The molecule has 4 fully saturated rings. The third-order valence-electron chi connectivity index (χ3n) is 7.98. The lowest BCUT2D eigenvalue weighted by Crippen LogP contribution is -2.48. The van der Waals surface area contributed by atoms with Crippen molar-refractivity contribution in [2.75, 3.05) is 14.2 Å². The summed E-state index contributed by atoms with van der Waals surface area (Å²) in [5, 5.41) is 0. The topological polar surface area (TPSA) is 35.5 Å². The predicted molar refractivity (Wildman–Crippen MR) is 124 cm³/mol. The second-order valence-electron chi connectivity index (χ2n) is 10.1. The zero-order valence-corrected chi connectivity index (χ0v) is 18.8. The highest BCUT2D eigenvalue weighted by Gasteiger charge is 2.52. The molecule has 0 amide bonds. The van der Waals surface area contributed by atoms with Crippen LogP contribution in [0.5, 0.6) is 5.75 Å². The molecule has 4 aliphatic rings. The molecule has 0 spiro atoms. The summed E-state index contributed by atoms with van der Waals surface area (Å²) in [7, 11) is 3.22. The summed E-state index contributed by atoms with van der Waals surface area (Å²) in [4.78, 5) is 11.7. The van der Waals surface area contributed by atoms with Gasteiger partial charge in [-0.05, 0) is 110 Å². The fraction of sp³-hybridized carbons (Fsp3) is 0.464. The van der Waals surface area contributed by atoms with Crippen molar-refractivity contribution in [3.8, 4) is 5.75 Å². The molecule has 31 heavy (non-hydrogen) atoms. The largest absolute Gasteiger partial charge is 0.496 e. The molecule has 3 nitrogen and oxygen atoms in total. The van der Waals surface area contributed by atoms with Crippen molar-refractivity contribution in [1.82, 2.24) is 0 Å². The van der Waals surface area contributed by atoms with Crippen LogP contribution in [-0.2, 0) is 10.2 Å². The Bertz CT molecular complexity index is 980. The van der Waals surface area contributed by atoms with E-state index in [4.69, 9.17) is 9.47 Å². The Kier molecular flexibility index (Phi) is 5.16. The van der Waals surface area contributed by atoms with Crippen molar-refractivity contribution in [3.05, 3.63) is 64.7 Å². The molecule has 162 valence electrons. The fourth-order valence-corrected chi connectivity index (χ4v) is 6.97. The molecule has 0 aromatic heterocycles. The number of carbonyl (C=O) groups is 1. The number of hydrogen-bond acceptors (Lipinski definition) is 3. The predicted octanol–water partition coefficient (Wildman–Crippen LogP) is 6.51. The first-order chi connectivity index (χ1) is 15.0. The summed E-state index contributed by atoms with van der Waals surface area (Å²) in [5.74, 6) is 3.47. The molecule has 6 rings (SSSR count). The number of benzene rings is 2. The quantitative estimate of drug-likeness (QED) is 0.412. The van der Waals surface area contributed by atoms with E-state index in [1.807, 2.05) is 31.4 Å². The van der Waals surface area contributed by atoms with E-state index in [0.29, 0.717) is 11.0 Å². The molecule has 0 atom stereocenters. The zero-order chi connectivity index (χ0) is 21.6. The van der Waals surface area contributed by atoms with Gasteiger partial charge in [0.1, 0.15) is 5.75 Å². The van der Waals surface area contributed by atoms with E-state index in [9.17, 15) is 4.79 Å². The van der Waals surface area contributed by atoms with Gasteiger partial charge in [-0.3, -0.25) is 0 Å². The molecule has 4 aliphatic carbocycles. The first kappa shape index (κ1) is 20.4. The van der Waals surface area contributed by atoms with Gasteiger partial charge < -0.3 is 9.47 Å². The number of rotatable bonds is 5. The maximum absolute atomic E-state index is 11.7. The van der Waals surface area contributed by atoms with Gasteiger partial charge in [0.05, 0.1) is 19.8 Å². The van der Waals surface area contributed by atoms with Gasteiger partial charge in [-0.2, -0.15) is 0 Å². The minimum absolute atomic E-state index is 0.303. The summed E-state index contributed by atoms with van der Waals surface area (Å²) in [6.07, 6.45) is 10.5. The van der Waals surface area contributed by atoms with Crippen LogP contribution in [0.3, 0.4) is 0 Å². The monoisotopic (exact) mass is 416 g/mol. The van der Waals surface area contributed by atoms with E-state index in [0.717, 1.165) is 29.1 Å². The van der Waals surface area contributed by atoms with Gasteiger partial charge in [0.2, 0.25) is 0 Å².